The lowest BCUT2D eigenvalue weighted by Gasteiger charge is -2.34. The lowest BCUT2D eigenvalue weighted by Crippen LogP contribution is -2.44. The summed E-state index contributed by atoms with van der Waals surface area (Å²) in [6, 6.07) is 0. The highest BCUT2D eigenvalue weighted by molar-refractivity contribution is 7.09. The second kappa shape index (κ2) is 6.61. The number of nitrogens with zero attached hydrogens (tertiary/aromatic N) is 2. The SMILES string of the molecule is COCc1nc(CN2CCOC(C(C)C)C2)cs1. The predicted molar refractivity (Wildman–Crippen MR) is 72.7 cm³/mol. The molecule has 1 aromatic rings. The summed E-state index contributed by atoms with van der Waals surface area (Å²) in [5.41, 5.74) is 1.15. The minimum atomic E-state index is 0.357. The lowest BCUT2D eigenvalue weighted by molar-refractivity contribution is -0.0532. The van der Waals surface area contributed by atoms with E-state index in [1.807, 2.05) is 0 Å². The maximum Gasteiger partial charge on any atom is 0.119 e. The topological polar surface area (TPSA) is 34.6 Å². The first-order chi connectivity index (χ1) is 8.69. The molecule has 102 valence electrons. The van der Waals surface area contributed by atoms with Crippen LogP contribution in [0.1, 0.15) is 24.5 Å². The third-order valence-corrected chi connectivity index (χ3v) is 4.05. The molecule has 1 atom stereocenters. The Morgan fingerprint density at radius 1 is 1.61 bits per heavy atom. The van der Waals surface area contributed by atoms with Crippen molar-refractivity contribution < 1.29 is 9.47 Å². The number of hydrogen-bond donors (Lipinski definition) is 0. The molecule has 18 heavy (non-hydrogen) atoms. The van der Waals surface area contributed by atoms with Gasteiger partial charge < -0.3 is 9.47 Å². The zero-order valence-corrected chi connectivity index (χ0v) is 12.2. The number of rotatable bonds is 5. The van der Waals surface area contributed by atoms with Crippen LogP contribution in [0.2, 0.25) is 0 Å². The van der Waals surface area contributed by atoms with Gasteiger partial charge in [-0.15, -0.1) is 11.3 Å². The highest BCUT2D eigenvalue weighted by Gasteiger charge is 2.23. The molecule has 0 amide bonds. The first-order valence-corrected chi connectivity index (χ1v) is 7.33. The molecule has 1 unspecified atom stereocenters. The molecule has 0 N–H and O–H groups in total. The molecule has 2 heterocycles. The van der Waals surface area contributed by atoms with Crippen molar-refractivity contribution in [1.82, 2.24) is 9.88 Å². The van der Waals surface area contributed by atoms with Crippen LogP contribution in [0.5, 0.6) is 0 Å². The summed E-state index contributed by atoms with van der Waals surface area (Å²) < 4.78 is 10.9. The zero-order valence-electron chi connectivity index (χ0n) is 11.4. The van der Waals surface area contributed by atoms with Crippen LogP contribution in [0, 0.1) is 5.92 Å². The van der Waals surface area contributed by atoms with E-state index in [0.29, 0.717) is 18.6 Å². The summed E-state index contributed by atoms with van der Waals surface area (Å²) in [5, 5.41) is 3.19. The van der Waals surface area contributed by atoms with E-state index in [9.17, 15) is 0 Å². The van der Waals surface area contributed by atoms with Crippen molar-refractivity contribution in [1.29, 1.82) is 0 Å². The average molecular weight is 270 g/mol. The van der Waals surface area contributed by atoms with Gasteiger partial charge in [-0.2, -0.15) is 0 Å². The molecule has 1 saturated heterocycles. The Balaban J connectivity index is 1.87. The van der Waals surface area contributed by atoms with Gasteiger partial charge in [0.1, 0.15) is 5.01 Å². The Hall–Kier alpha value is -0.490. The molecule has 0 saturated carbocycles. The zero-order chi connectivity index (χ0) is 13.0. The minimum Gasteiger partial charge on any atom is -0.378 e. The third kappa shape index (κ3) is 3.75. The van der Waals surface area contributed by atoms with E-state index in [0.717, 1.165) is 36.9 Å². The fourth-order valence-corrected chi connectivity index (χ4v) is 2.87. The quantitative estimate of drug-likeness (QED) is 0.821. The van der Waals surface area contributed by atoms with Gasteiger partial charge in [0.15, 0.2) is 0 Å². The van der Waals surface area contributed by atoms with Gasteiger partial charge in [0, 0.05) is 32.1 Å². The van der Waals surface area contributed by atoms with Crippen LogP contribution >= 0.6 is 11.3 Å². The summed E-state index contributed by atoms with van der Waals surface area (Å²) in [6.07, 6.45) is 0.357. The predicted octanol–water partition coefficient (Wildman–Crippen LogP) is 2.15. The highest BCUT2D eigenvalue weighted by atomic mass is 32.1. The van der Waals surface area contributed by atoms with Crippen molar-refractivity contribution in [2.45, 2.75) is 33.1 Å². The Bertz CT molecular complexity index is 368. The normalized spacial score (nSPS) is 21.7. The fourth-order valence-electron chi connectivity index (χ4n) is 2.12. The van der Waals surface area contributed by atoms with Gasteiger partial charge in [0.05, 0.1) is 25.0 Å². The molecule has 0 aromatic carbocycles. The van der Waals surface area contributed by atoms with Gasteiger partial charge in [-0.1, -0.05) is 13.8 Å². The third-order valence-electron chi connectivity index (χ3n) is 3.17. The molecule has 2 rings (SSSR count). The summed E-state index contributed by atoms with van der Waals surface area (Å²) in [5.74, 6) is 0.576. The Morgan fingerprint density at radius 2 is 2.44 bits per heavy atom. The molecule has 1 fully saturated rings. The van der Waals surface area contributed by atoms with Crippen molar-refractivity contribution in [3.63, 3.8) is 0 Å². The van der Waals surface area contributed by atoms with E-state index in [2.05, 4.69) is 29.1 Å². The Labute approximate surface area is 113 Å². The number of methoxy groups -OCH3 is 1. The second-order valence-corrected chi connectivity index (χ2v) is 6.00. The van der Waals surface area contributed by atoms with Crippen LogP contribution in [-0.2, 0) is 22.6 Å². The van der Waals surface area contributed by atoms with Crippen LogP contribution in [0.4, 0.5) is 0 Å². The van der Waals surface area contributed by atoms with E-state index in [4.69, 9.17) is 9.47 Å². The molecule has 1 aliphatic heterocycles. The highest BCUT2D eigenvalue weighted by Crippen LogP contribution is 2.17. The van der Waals surface area contributed by atoms with E-state index in [1.165, 1.54) is 0 Å². The first kappa shape index (κ1) is 13.9. The van der Waals surface area contributed by atoms with Crippen molar-refractivity contribution in [2.75, 3.05) is 26.8 Å². The molecule has 0 radical (unpaired) electrons. The monoisotopic (exact) mass is 270 g/mol. The van der Waals surface area contributed by atoms with Crippen LogP contribution in [0.15, 0.2) is 5.38 Å². The molecule has 4 nitrogen and oxygen atoms in total. The molecular weight excluding hydrogens is 248 g/mol. The average Bonchev–Trinajstić information content (AvgIpc) is 2.77. The summed E-state index contributed by atoms with van der Waals surface area (Å²) >= 11 is 1.68. The van der Waals surface area contributed by atoms with E-state index < -0.39 is 0 Å². The van der Waals surface area contributed by atoms with Crippen molar-refractivity contribution in [3.8, 4) is 0 Å². The number of ether oxygens (including phenoxy) is 2. The standard InChI is InChI=1S/C13H22N2O2S/c1-10(2)12-7-15(4-5-17-12)6-11-9-18-13(14-11)8-16-3/h9-10,12H,4-8H2,1-3H3. The van der Waals surface area contributed by atoms with Crippen LogP contribution in [0.3, 0.4) is 0 Å². The fraction of sp³-hybridized carbons (Fsp3) is 0.769. The van der Waals surface area contributed by atoms with Gasteiger partial charge in [-0.3, -0.25) is 4.90 Å². The molecule has 1 aromatic heterocycles. The van der Waals surface area contributed by atoms with E-state index in [-0.39, 0.29) is 0 Å². The van der Waals surface area contributed by atoms with Gasteiger partial charge in [-0.25, -0.2) is 4.98 Å². The first-order valence-electron chi connectivity index (χ1n) is 6.45. The lowest BCUT2D eigenvalue weighted by atomic mass is 10.1. The molecule has 1 aliphatic rings. The Kier molecular flexibility index (Phi) is 5.12. The van der Waals surface area contributed by atoms with Gasteiger partial charge >= 0.3 is 0 Å². The van der Waals surface area contributed by atoms with Crippen molar-refractivity contribution in [3.05, 3.63) is 16.1 Å². The second-order valence-electron chi connectivity index (χ2n) is 5.05. The smallest absolute Gasteiger partial charge is 0.119 e. The van der Waals surface area contributed by atoms with E-state index in [1.54, 1.807) is 18.4 Å². The maximum absolute atomic E-state index is 5.77. The van der Waals surface area contributed by atoms with Crippen molar-refractivity contribution >= 4 is 11.3 Å². The van der Waals surface area contributed by atoms with Crippen molar-refractivity contribution in [2.24, 2.45) is 5.92 Å². The molecule has 0 aliphatic carbocycles. The largest absolute Gasteiger partial charge is 0.378 e. The van der Waals surface area contributed by atoms with Gasteiger partial charge in [0.25, 0.3) is 0 Å². The maximum atomic E-state index is 5.77. The Morgan fingerprint density at radius 3 is 3.17 bits per heavy atom. The number of thiazole rings is 1. The summed E-state index contributed by atoms with van der Waals surface area (Å²) in [6.45, 7) is 8.81. The molecule has 5 heteroatoms. The van der Waals surface area contributed by atoms with Crippen LogP contribution < -0.4 is 0 Å². The number of morpholine rings is 1. The minimum absolute atomic E-state index is 0.357. The number of aromatic nitrogens is 1. The number of hydrogen-bond acceptors (Lipinski definition) is 5. The van der Waals surface area contributed by atoms with Gasteiger partial charge in [0.2, 0.25) is 0 Å². The van der Waals surface area contributed by atoms with Crippen LogP contribution in [-0.4, -0.2) is 42.8 Å². The van der Waals surface area contributed by atoms with Gasteiger partial charge in [-0.05, 0) is 5.92 Å². The summed E-state index contributed by atoms with van der Waals surface area (Å²) in [7, 11) is 1.70. The molecule has 0 bridgehead atoms. The summed E-state index contributed by atoms with van der Waals surface area (Å²) in [4.78, 5) is 7.01. The van der Waals surface area contributed by atoms with Crippen LogP contribution in [0.25, 0.3) is 0 Å². The molecule has 0 spiro atoms. The molecular formula is C13H22N2O2S. The van der Waals surface area contributed by atoms with E-state index >= 15 is 0 Å².